The maximum absolute atomic E-state index is 11.6. The molecule has 0 aromatic heterocycles. The van der Waals surface area contributed by atoms with E-state index >= 15 is 0 Å². The number of hydrogen-bond acceptors (Lipinski definition) is 14. The summed E-state index contributed by atoms with van der Waals surface area (Å²) < 4.78 is 51.2. The highest BCUT2D eigenvalue weighted by Crippen LogP contribution is 1.94. The zero-order valence-corrected chi connectivity index (χ0v) is 20.4. The van der Waals surface area contributed by atoms with E-state index in [9.17, 15) is 19.2 Å². The van der Waals surface area contributed by atoms with Crippen LogP contribution in [0.2, 0.25) is 0 Å². The van der Waals surface area contributed by atoms with Crippen molar-refractivity contribution in [3.63, 3.8) is 0 Å². The third-order valence-corrected chi connectivity index (χ3v) is 4.03. The van der Waals surface area contributed by atoms with Crippen LogP contribution in [0.5, 0.6) is 0 Å². The van der Waals surface area contributed by atoms with Crippen LogP contribution < -0.4 is 0 Å². The average molecular weight is 525 g/mol. The fourth-order valence-corrected chi connectivity index (χ4v) is 2.38. The molecule has 0 saturated carbocycles. The molecule has 0 atom stereocenters. The maximum atomic E-state index is 11.6. The predicted molar refractivity (Wildman–Crippen MR) is 118 cm³/mol. The minimum absolute atomic E-state index is 0.000181. The maximum Gasteiger partial charge on any atom is 0.317 e. The Labute approximate surface area is 209 Å². The largest absolute Gasteiger partial charge is 0.463 e. The molecule has 1 fully saturated rings. The van der Waals surface area contributed by atoms with Gasteiger partial charge in [0.05, 0.1) is 79.3 Å². The van der Waals surface area contributed by atoms with Crippen molar-refractivity contribution >= 4 is 23.9 Å². The fraction of sp³-hybridized carbons (Fsp3) is 0.818. The molecule has 0 aromatic rings. The smallest absolute Gasteiger partial charge is 0.317 e. The second kappa shape index (κ2) is 23.1. The molecular weight excluding hydrogens is 488 g/mol. The SMILES string of the molecule is O=C1CC(=O)OCCOCCOCCOCCOC(=O)CC(=O)OCCOCCOCCOCCO1. The number of carbonyl (C=O) groups is 4. The molecule has 14 nitrogen and oxygen atoms in total. The molecule has 0 aromatic carbocycles. The molecular formula is C22H36O14. The summed E-state index contributed by atoms with van der Waals surface area (Å²) in [5.41, 5.74) is 0. The van der Waals surface area contributed by atoms with Crippen molar-refractivity contribution in [2.24, 2.45) is 0 Å². The van der Waals surface area contributed by atoms with Crippen molar-refractivity contribution < 1.29 is 66.5 Å². The Bertz CT molecular complexity index is 512. The first-order valence-corrected chi connectivity index (χ1v) is 11.7. The second-order valence-electron chi connectivity index (χ2n) is 6.91. The summed E-state index contributed by atoms with van der Waals surface area (Å²) in [6.45, 7) is 2.97. The normalized spacial score (nSPS) is 22.0. The Hall–Kier alpha value is -2.36. The number of esters is 4. The van der Waals surface area contributed by atoms with Gasteiger partial charge < -0.3 is 47.4 Å². The van der Waals surface area contributed by atoms with Gasteiger partial charge in [0.1, 0.15) is 39.3 Å². The van der Waals surface area contributed by atoms with E-state index in [1.807, 2.05) is 0 Å². The molecule has 0 bridgehead atoms. The molecule has 0 spiro atoms. The molecule has 0 amide bonds. The highest BCUT2D eigenvalue weighted by atomic mass is 16.6. The molecule has 1 heterocycles. The first-order chi connectivity index (χ1) is 17.6. The minimum Gasteiger partial charge on any atom is -0.463 e. The van der Waals surface area contributed by atoms with E-state index in [1.165, 1.54) is 0 Å². The molecule has 1 saturated heterocycles. The molecule has 0 radical (unpaired) electrons. The molecule has 0 unspecified atom stereocenters. The van der Waals surface area contributed by atoms with Crippen molar-refractivity contribution in [2.45, 2.75) is 12.8 Å². The summed E-state index contributed by atoms with van der Waals surface area (Å²) in [4.78, 5) is 46.3. The molecule has 36 heavy (non-hydrogen) atoms. The molecule has 1 rings (SSSR count). The van der Waals surface area contributed by atoms with Crippen molar-refractivity contribution in [1.29, 1.82) is 0 Å². The number of carbonyl (C=O) groups excluding carboxylic acids is 4. The van der Waals surface area contributed by atoms with E-state index in [2.05, 4.69) is 0 Å². The van der Waals surface area contributed by atoms with Gasteiger partial charge >= 0.3 is 23.9 Å². The van der Waals surface area contributed by atoms with Crippen LogP contribution in [0, 0.1) is 0 Å². The lowest BCUT2D eigenvalue weighted by Crippen LogP contribution is -2.19. The molecule has 0 aliphatic carbocycles. The van der Waals surface area contributed by atoms with Crippen LogP contribution in [0.1, 0.15) is 12.8 Å². The summed E-state index contributed by atoms with van der Waals surface area (Å²) in [5.74, 6) is -2.82. The van der Waals surface area contributed by atoms with Gasteiger partial charge in [-0.3, -0.25) is 19.2 Å². The van der Waals surface area contributed by atoms with E-state index in [4.69, 9.17) is 47.4 Å². The standard InChI is InChI=1S/C22H36O14/c23-19-17-20(24)35-15-11-31-7-3-28-4-8-32-12-16-36-22(26)18-21(25)34-14-10-30-6-2-27-1-5-29-9-13-33-19/h1-18H2. The minimum atomic E-state index is -0.705. The van der Waals surface area contributed by atoms with Gasteiger partial charge in [-0.15, -0.1) is 0 Å². The summed E-state index contributed by atoms with van der Waals surface area (Å²) in [6, 6.07) is 0. The third kappa shape index (κ3) is 21.0. The lowest BCUT2D eigenvalue weighted by atomic mass is 10.4. The van der Waals surface area contributed by atoms with Gasteiger partial charge in [-0.1, -0.05) is 0 Å². The van der Waals surface area contributed by atoms with Crippen LogP contribution in [0.25, 0.3) is 0 Å². The molecule has 0 N–H and O–H groups in total. The lowest BCUT2D eigenvalue weighted by molar-refractivity contribution is -0.157. The topological polar surface area (TPSA) is 161 Å². The van der Waals surface area contributed by atoms with Crippen molar-refractivity contribution in [1.82, 2.24) is 0 Å². The van der Waals surface area contributed by atoms with Crippen LogP contribution >= 0.6 is 0 Å². The Morgan fingerprint density at radius 3 is 0.639 bits per heavy atom. The third-order valence-electron chi connectivity index (χ3n) is 4.03. The molecule has 208 valence electrons. The summed E-state index contributed by atoms with van der Waals surface area (Å²) >= 11 is 0. The van der Waals surface area contributed by atoms with E-state index in [-0.39, 0.29) is 79.3 Å². The van der Waals surface area contributed by atoms with E-state index < -0.39 is 36.7 Å². The van der Waals surface area contributed by atoms with Gasteiger partial charge in [0.25, 0.3) is 0 Å². The zero-order chi connectivity index (χ0) is 26.1. The molecule has 1 aliphatic heterocycles. The monoisotopic (exact) mass is 524 g/mol. The van der Waals surface area contributed by atoms with Gasteiger partial charge in [-0.2, -0.15) is 0 Å². The lowest BCUT2D eigenvalue weighted by Gasteiger charge is -2.09. The van der Waals surface area contributed by atoms with Crippen LogP contribution in [0.4, 0.5) is 0 Å². The number of ether oxygens (including phenoxy) is 10. The zero-order valence-electron chi connectivity index (χ0n) is 20.4. The van der Waals surface area contributed by atoms with E-state index in [0.29, 0.717) is 26.4 Å². The van der Waals surface area contributed by atoms with E-state index in [0.717, 1.165) is 0 Å². The van der Waals surface area contributed by atoms with Crippen LogP contribution in [0.3, 0.4) is 0 Å². The Balaban J connectivity index is 2.23. The Morgan fingerprint density at radius 2 is 0.444 bits per heavy atom. The van der Waals surface area contributed by atoms with E-state index in [1.54, 1.807) is 0 Å². The van der Waals surface area contributed by atoms with Crippen molar-refractivity contribution in [3.8, 4) is 0 Å². The summed E-state index contributed by atoms with van der Waals surface area (Å²) in [7, 11) is 0. The summed E-state index contributed by atoms with van der Waals surface area (Å²) in [5, 5.41) is 0. The van der Waals surface area contributed by atoms with Gasteiger partial charge in [0.2, 0.25) is 0 Å². The van der Waals surface area contributed by atoms with Gasteiger partial charge in [0, 0.05) is 0 Å². The Kier molecular flexibility index (Phi) is 20.3. The van der Waals surface area contributed by atoms with Crippen molar-refractivity contribution in [2.75, 3.05) is 106 Å². The van der Waals surface area contributed by atoms with Gasteiger partial charge in [-0.05, 0) is 0 Å². The van der Waals surface area contributed by atoms with Crippen molar-refractivity contribution in [3.05, 3.63) is 0 Å². The number of cyclic esters (lactones) is 4. The fourth-order valence-electron chi connectivity index (χ4n) is 2.38. The quantitative estimate of drug-likeness (QED) is 0.217. The van der Waals surface area contributed by atoms with Gasteiger partial charge in [-0.25, -0.2) is 0 Å². The number of rotatable bonds is 0. The molecule has 1 aliphatic rings. The Morgan fingerprint density at radius 1 is 0.278 bits per heavy atom. The van der Waals surface area contributed by atoms with Crippen LogP contribution in [-0.2, 0) is 66.5 Å². The van der Waals surface area contributed by atoms with Gasteiger partial charge in [0.15, 0.2) is 0 Å². The summed E-state index contributed by atoms with van der Waals surface area (Å²) in [6.07, 6.45) is -0.991. The highest BCUT2D eigenvalue weighted by Gasteiger charge is 2.13. The highest BCUT2D eigenvalue weighted by molar-refractivity contribution is 5.91. The molecule has 14 heteroatoms. The number of hydrogen-bond donors (Lipinski definition) is 0. The average Bonchev–Trinajstić information content (AvgIpc) is 2.84. The van der Waals surface area contributed by atoms with Crippen LogP contribution in [-0.4, -0.2) is 130 Å². The first kappa shape index (κ1) is 31.7. The second-order valence-corrected chi connectivity index (χ2v) is 6.91. The van der Waals surface area contributed by atoms with Crippen LogP contribution in [0.15, 0.2) is 0 Å². The first-order valence-electron chi connectivity index (χ1n) is 11.7. The predicted octanol–water partition coefficient (Wildman–Crippen LogP) is -0.947.